The van der Waals surface area contributed by atoms with Gasteiger partial charge in [0.25, 0.3) is 5.91 Å². The molecule has 0 aliphatic rings. The van der Waals surface area contributed by atoms with E-state index in [2.05, 4.69) is 10.7 Å². The number of thiophene rings is 1. The van der Waals surface area contributed by atoms with Crippen molar-refractivity contribution in [3.63, 3.8) is 0 Å². The van der Waals surface area contributed by atoms with Gasteiger partial charge in [-0.05, 0) is 47.0 Å². The van der Waals surface area contributed by atoms with E-state index in [1.165, 1.54) is 11.6 Å². The molecule has 0 saturated carbocycles. The molecule has 0 radical (unpaired) electrons. The normalized spacial score (nSPS) is 10.1. The van der Waals surface area contributed by atoms with Crippen LogP contribution in [-0.4, -0.2) is 17.6 Å². The Morgan fingerprint density at radius 3 is 2.94 bits per heavy atom. The zero-order valence-corrected chi connectivity index (χ0v) is 10.0. The van der Waals surface area contributed by atoms with Crippen LogP contribution in [0, 0.1) is 0 Å². The number of benzene rings is 1. The molecule has 2 aromatic rings. The standard InChI is InChI=1S/C13H13NO2S/c15-12-3-1-2-11(8-12)13(16)14-6-4-10-5-7-17-9-10/h1-3,5,7-9,15H,4,6H2,(H,14,16). The van der Waals surface area contributed by atoms with E-state index in [-0.39, 0.29) is 11.7 Å². The predicted molar refractivity (Wildman–Crippen MR) is 68.5 cm³/mol. The molecule has 17 heavy (non-hydrogen) atoms. The molecule has 2 rings (SSSR count). The van der Waals surface area contributed by atoms with Crippen molar-refractivity contribution in [2.24, 2.45) is 0 Å². The molecule has 0 bridgehead atoms. The van der Waals surface area contributed by atoms with Gasteiger partial charge < -0.3 is 10.4 Å². The minimum atomic E-state index is -0.156. The lowest BCUT2D eigenvalue weighted by Gasteiger charge is -2.04. The van der Waals surface area contributed by atoms with Crippen molar-refractivity contribution in [3.8, 4) is 5.75 Å². The van der Waals surface area contributed by atoms with Crippen LogP contribution in [-0.2, 0) is 6.42 Å². The first-order valence-electron chi connectivity index (χ1n) is 5.34. The summed E-state index contributed by atoms with van der Waals surface area (Å²) < 4.78 is 0. The average molecular weight is 247 g/mol. The molecule has 1 amide bonds. The van der Waals surface area contributed by atoms with Gasteiger partial charge in [-0.1, -0.05) is 6.07 Å². The Morgan fingerprint density at radius 1 is 1.35 bits per heavy atom. The molecular weight excluding hydrogens is 234 g/mol. The van der Waals surface area contributed by atoms with Crippen LogP contribution in [0.15, 0.2) is 41.1 Å². The molecule has 0 atom stereocenters. The van der Waals surface area contributed by atoms with Crippen LogP contribution in [0.3, 0.4) is 0 Å². The first-order chi connectivity index (χ1) is 8.25. The van der Waals surface area contributed by atoms with E-state index < -0.39 is 0 Å². The molecule has 1 aromatic heterocycles. The van der Waals surface area contributed by atoms with Crippen molar-refractivity contribution in [2.45, 2.75) is 6.42 Å². The highest BCUT2D eigenvalue weighted by Crippen LogP contribution is 2.10. The Bertz CT molecular complexity index is 494. The van der Waals surface area contributed by atoms with Gasteiger partial charge in [0.1, 0.15) is 5.75 Å². The largest absolute Gasteiger partial charge is 0.508 e. The van der Waals surface area contributed by atoms with E-state index in [0.29, 0.717) is 12.1 Å². The summed E-state index contributed by atoms with van der Waals surface area (Å²) in [6, 6.07) is 8.38. The third-order valence-electron chi connectivity index (χ3n) is 2.39. The number of carbonyl (C=O) groups excluding carboxylic acids is 1. The fourth-order valence-electron chi connectivity index (χ4n) is 1.50. The second-order valence-electron chi connectivity index (χ2n) is 3.69. The SMILES string of the molecule is O=C(NCCc1ccsc1)c1cccc(O)c1. The Morgan fingerprint density at radius 2 is 2.24 bits per heavy atom. The Labute approximate surface area is 104 Å². The summed E-state index contributed by atoms with van der Waals surface area (Å²) in [6.45, 7) is 0.602. The minimum absolute atomic E-state index is 0.107. The summed E-state index contributed by atoms with van der Waals surface area (Å²) in [5, 5.41) is 16.2. The monoisotopic (exact) mass is 247 g/mol. The van der Waals surface area contributed by atoms with Crippen molar-refractivity contribution in [3.05, 3.63) is 52.2 Å². The highest BCUT2D eigenvalue weighted by molar-refractivity contribution is 7.07. The van der Waals surface area contributed by atoms with Gasteiger partial charge in [-0.3, -0.25) is 4.79 Å². The first kappa shape index (κ1) is 11.7. The highest BCUT2D eigenvalue weighted by atomic mass is 32.1. The molecule has 0 aliphatic heterocycles. The lowest BCUT2D eigenvalue weighted by atomic mass is 10.2. The van der Waals surface area contributed by atoms with E-state index in [9.17, 15) is 9.90 Å². The van der Waals surface area contributed by atoms with Crippen LogP contribution < -0.4 is 5.32 Å². The molecule has 4 heteroatoms. The second kappa shape index (κ2) is 5.50. The zero-order valence-electron chi connectivity index (χ0n) is 9.22. The fourth-order valence-corrected chi connectivity index (χ4v) is 2.21. The Balaban J connectivity index is 1.85. The molecule has 2 N–H and O–H groups in total. The van der Waals surface area contributed by atoms with E-state index in [4.69, 9.17) is 0 Å². The number of amides is 1. The molecule has 0 fully saturated rings. The van der Waals surface area contributed by atoms with Crippen molar-refractivity contribution in [1.82, 2.24) is 5.32 Å². The van der Waals surface area contributed by atoms with Crippen LogP contribution in [0.2, 0.25) is 0 Å². The summed E-state index contributed by atoms with van der Waals surface area (Å²) in [7, 11) is 0. The van der Waals surface area contributed by atoms with Crippen molar-refractivity contribution in [1.29, 1.82) is 0 Å². The van der Waals surface area contributed by atoms with Crippen LogP contribution in [0.25, 0.3) is 0 Å². The predicted octanol–water partition coefficient (Wildman–Crippen LogP) is 2.43. The number of rotatable bonds is 4. The van der Waals surface area contributed by atoms with Gasteiger partial charge >= 0.3 is 0 Å². The quantitative estimate of drug-likeness (QED) is 0.871. The summed E-state index contributed by atoms with van der Waals surface area (Å²) in [6.07, 6.45) is 0.827. The van der Waals surface area contributed by atoms with E-state index in [1.54, 1.807) is 29.5 Å². The van der Waals surface area contributed by atoms with Crippen molar-refractivity contribution in [2.75, 3.05) is 6.54 Å². The molecule has 0 unspecified atom stereocenters. The van der Waals surface area contributed by atoms with Crippen LogP contribution in [0.4, 0.5) is 0 Å². The summed E-state index contributed by atoms with van der Waals surface area (Å²) >= 11 is 1.65. The lowest BCUT2D eigenvalue weighted by Crippen LogP contribution is -2.25. The summed E-state index contributed by atoms with van der Waals surface area (Å²) in [5.41, 5.74) is 1.71. The Hall–Kier alpha value is -1.81. The number of phenolic OH excluding ortho intramolecular Hbond substituents is 1. The number of nitrogens with one attached hydrogen (secondary N) is 1. The third-order valence-corrected chi connectivity index (χ3v) is 3.12. The summed E-state index contributed by atoms with van der Waals surface area (Å²) in [4.78, 5) is 11.7. The molecule has 3 nitrogen and oxygen atoms in total. The van der Waals surface area contributed by atoms with E-state index in [0.717, 1.165) is 6.42 Å². The van der Waals surface area contributed by atoms with E-state index >= 15 is 0 Å². The van der Waals surface area contributed by atoms with Gasteiger partial charge in [0.2, 0.25) is 0 Å². The molecule has 88 valence electrons. The average Bonchev–Trinajstić information content (AvgIpc) is 2.82. The van der Waals surface area contributed by atoms with Gasteiger partial charge in [0, 0.05) is 12.1 Å². The number of phenols is 1. The number of hydrogen-bond donors (Lipinski definition) is 2. The van der Waals surface area contributed by atoms with Crippen LogP contribution >= 0.6 is 11.3 Å². The topological polar surface area (TPSA) is 49.3 Å². The number of carbonyl (C=O) groups is 1. The molecule has 1 heterocycles. The highest BCUT2D eigenvalue weighted by Gasteiger charge is 2.05. The molecule has 1 aromatic carbocycles. The minimum Gasteiger partial charge on any atom is -0.508 e. The van der Waals surface area contributed by atoms with E-state index in [1.807, 2.05) is 11.4 Å². The maximum atomic E-state index is 11.7. The maximum Gasteiger partial charge on any atom is 0.251 e. The molecule has 0 saturated heterocycles. The van der Waals surface area contributed by atoms with Crippen molar-refractivity contribution >= 4 is 17.2 Å². The Kier molecular flexibility index (Phi) is 3.77. The van der Waals surface area contributed by atoms with Crippen LogP contribution in [0.1, 0.15) is 15.9 Å². The maximum absolute atomic E-state index is 11.7. The van der Waals surface area contributed by atoms with Gasteiger partial charge in [0.05, 0.1) is 0 Å². The molecule has 0 aliphatic carbocycles. The smallest absolute Gasteiger partial charge is 0.251 e. The number of hydrogen-bond acceptors (Lipinski definition) is 3. The zero-order chi connectivity index (χ0) is 12.1. The molecular formula is C13H13NO2S. The molecule has 0 spiro atoms. The first-order valence-corrected chi connectivity index (χ1v) is 6.28. The van der Waals surface area contributed by atoms with Gasteiger partial charge in [0.15, 0.2) is 0 Å². The van der Waals surface area contributed by atoms with Gasteiger partial charge in [-0.25, -0.2) is 0 Å². The summed E-state index contributed by atoms with van der Waals surface area (Å²) in [5.74, 6) is -0.0494. The van der Waals surface area contributed by atoms with Crippen molar-refractivity contribution < 1.29 is 9.90 Å². The van der Waals surface area contributed by atoms with Gasteiger partial charge in [-0.2, -0.15) is 11.3 Å². The fraction of sp³-hybridized carbons (Fsp3) is 0.154. The number of aromatic hydroxyl groups is 1. The van der Waals surface area contributed by atoms with Crippen LogP contribution in [0.5, 0.6) is 5.75 Å². The van der Waals surface area contributed by atoms with Gasteiger partial charge in [-0.15, -0.1) is 0 Å². The third kappa shape index (κ3) is 3.32. The lowest BCUT2D eigenvalue weighted by molar-refractivity contribution is 0.0954. The second-order valence-corrected chi connectivity index (χ2v) is 4.47.